The highest BCUT2D eigenvalue weighted by atomic mass is 16.5. The summed E-state index contributed by atoms with van der Waals surface area (Å²) < 4.78 is 21.2. The Balaban J connectivity index is 1.51. The Morgan fingerprint density at radius 2 is 1.69 bits per heavy atom. The number of hydrogen-bond donors (Lipinski definition) is 1. The molecule has 0 radical (unpaired) electrons. The van der Waals surface area contributed by atoms with E-state index in [0.717, 1.165) is 5.75 Å². The first-order valence-corrected chi connectivity index (χ1v) is 11.5. The number of methoxy groups -OCH3 is 1. The zero-order chi connectivity index (χ0) is 25.4. The Bertz CT molecular complexity index is 1220. The number of fused-ring (bicyclic) bond motifs is 1. The van der Waals surface area contributed by atoms with Crippen molar-refractivity contribution in [3.63, 3.8) is 0 Å². The van der Waals surface area contributed by atoms with Gasteiger partial charge in [0, 0.05) is 31.5 Å². The topological polar surface area (TPSA) is 104 Å². The van der Waals surface area contributed by atoms with E-state index in [2.05, 4.69) is 26.1 Å². The van der Waals surface area contributed by atoms with Crippen molar-refractivity contribution < 1.29 is 28.2 Å². The maximum atomic E-state index is 12.2. The second kappa shape index (κ2) is 11.7. The van der Waals surface area contributed by atoms with E-state index in [9.17, 15) is 14.4 Å². The Labute approximate surface area is 204 Å². The second-order valence-electron chi connectivity index (χ2n) is 9.10. The van der Waals surface area contributed by atoms with Gasteiger partial charge in [-0.3, -0.25) is 9.59 Å². The minimum atomic E-state index is -0.774. The van der Waals surface area contributed by atoms with E-state index in [4.69, 9.17) is 18.6 Å². The van der Waals surface area contributed by atoms with Crippen molar-refractivity contribution in [2.45, 2.75) is 39.0 Å². The lowest BCUT2D eigenvalue weighted by Gasteiger charge is -2.19. The zero-order valence-corrected chi connectivity index (χ0v) is 20.5. The lowest BCUT2D eigenvalue weighted by atomic mass is 9.87. The van der Waals surface area contributed by atoms with Crippen LogP contribution in [0, 0.1) is 0 Å². The molecule has 8 nitrogen and oxygen atoms in total. The molecule has 0 aliphatic heterocycles. The third kappa shape index (κ3) is 7.42. The van der Waals surface area contributed by atoms with Gasteiger partial charge in [0.25, 0.3) is 5.91 Å². The molecular weight excluding hydrogens is 450 g/mol. The average molecular weight is 482 g/mol. The van der Waals surface area contributed by atoms with Gasteiger partial charge in [-0.05, 0) is 47.7 Å². The van der Waals surface area contributed by atoms with Crippen molar-refractivity contribution in [2.75, 3.05) is 26.9 Å². The quantitative estimate of drug-likeness (QED) is 0.200. The summed E-state index contributed by atoms with van der Waals surface area (Å²) in [6.45, 7) is 7.44. The van der Waals surface area contributed by atoms with Crippen LogP contribution in [0.2, 0.25) is 0 Å². The molecule has 1 amide bonds. The van der Waals surface area contributed by atoms with Gasteiger partial charge in [-0.15, -0.1) is 0 Å². The van der Waals surface area contributed by atoms with Crippen molar-refractivity contribution in [1.29, 1.82) is 0 Å². The molecule has 1 N–H and O–H groups in total. The van der Waals surface area contributed by atoms with Crippen molar-refractivity contribution in [3.05, 3.63) is 70.1 Å². The van der Waals surface area contributed by atoms with Crippen LogP contribution in [0.25, 0.3) is 11.0 Å². The molecule has 0 bridgehead atoms. The van der Waals surface area contributed by atoms with Crippen LogP contribution >= 0.6 is 0 Å². The van der Waals surface area contributed by atoms with Crippen molar-refractivity contribution in [2.24, 2.45) is 0 Å². The Kier molecular flexibility index (Phi) is 8.65. The van der Waals surface area contributed by atoms with Crippen LogP contribution in [-0.2, 0) is 14.9 Å². The molecule has 1 aromatic heterocycles. The number of nitrogens with one attached hydrogen (secondary N) is 1. The monoisotopic (exact) mass is 481 g/mol. The molecule has 0 aliphatic rings. The lowest BCUT2D eigenvalue weighted by molar-refractivity contribution is -0.134. The number of carbonyl (C=O) groups is 2. The van der Waals surface area contributed by atoms with E-state index in [1.165, 1.54) is 24.8 Å². The molecule has 0 unspecified atom stereocenters. The molecule has 0 atom stereocenters. The first-order chi connectivity index (χ1) is 16.7. The largest absolute Gasteiger partial charge is 0.494 e. The summed E-state index contributed by atoms with van der Waals surface area (Å²) in [4.78, 5) is 36.6. The molecule has 3 aromatic rings. The predicted molar refractivity (Wildman–Crippen MR) is 132 cm³/mol. The third-order valence-electron chi connectivity index (χ3n) is 5.29. The molecule has 0 spiro atoms. The summed E-state index contributed by atoms with van der Waals surface area (Å²) in [5, 5.41) is 3.12. The number of rotatable bonds is 10. The first-order valence-electron chi connectivity index (χ1n) is 11.5. The molecule has 2 aromatic carbocycles. The maximum absolute atomic E-state index is 12.2. The molecule has 0 fully saturated rings. The summed E-state index contributed by atoms with van der Waals surface area (Å²) in [7, 11) is 1.52. The van der Waals surface area contributed by atoms with Crippen molar-refractivity contribution in [3.8, 4) is 11.5 Å². The number of hydrogen-bond acceptors (Lipinski definition) is 7. The molecule has 186 valence electrons. The number of amides is 1. The van der Waals surface area contributed by atoms with Gasteiger partial charge in [-0.1, -0.05) is 32.9 Å². The summed E-state index contributed by atoms with van der Waals surface area (Å²) in [6.07, 6.45) is 0.659. The van der Waals surface area contributed by atoms with Crippen LogP contribution in [0.4, 0.5) is 0 Å². The van der Waals surface area contributed by atoms with Crippen LogP contribution < -0.4 is 20.4 Å². The van der Waals surface area contributed by atoms with E-state index in [0.29, 0.717) is 25.0 Å². The maximum Gasteiger partial charge on any atom is 0.349 e. The van der Waals surface area contributed by atoms with Crippen LogP contribution in [-0.4, -0.2) is 38.7 Å². The van der Waals surface area contributed by atoms with Gasteiger partial charge in [0.1, 0.15) is 22.6 Å². The van der Waals surface area contributed by atoms with Crippen LogP contribution in [0.15, 0.2) is 57.7 Å². The normalized spacial score (nSPS) is 11.3. The highest BCUT2D eigenvalue weighted by Gasteiger charge is 2.15. The van der Waals surface area contributed by atoms with Gasteiger partial charge in [0.15, 0.2) is 0 Å². The third-order valence-corrected chi connectivity index (χ3v) is 5.29. The lowest BCUT2D eigenvalue weighted by Crippen LogP contribution is -2.30. The van der Waals surface area contributed by atoms with Crippen molar-refractivity contribution >= 4 is 22.8 Å². The number of ether oxygens (including phenoxy) is 3. The molecule has 35 heavy (non-hydrogen) atoms. The Morgan fingerprint density at radius 3 is 2.37 bits per heavy atom. The van der Waals surface area contributed by atoms with Gasteiger partial charge in [-0.2, -0.15) is 0 Å². The van der Waals surface area contributed by atoms with E-state index in [1.54, 1.807) is 12.1 Å². The fourth-order valence-corrected chi connectivity index (χ4v) is 3.32. The minimum absolute atomic E-state index is 0.0780. The van der Waals surface area contributed by atoms with Crippen LogP contribution in [0.1, 0.15) is 49.5 Å². The number of benzene rings is 2. The highest BCUT2D eigenvalue weighted by molar-refractivity contribution is 5.96. The summed E-state index contributed by atoms with van der Waals surface area (Å²) in [5.74, 6) is 0.0393. The second-order valence-corrected chi connectivity index (χ2v) is 9.10. The first kappa shape index (κ1) is 26.0. The molecular formula is C27H31NO7. The summed E-state index contributed by atoms with van der Waals surface area (Å²) in [5.41, 5.74) is 0.640. The van der Waals surface area contributed by atoms with E-state index in [-0.39, 0.29) is 35.3 Å². The number of esters is 1. The SMILES string of the molecule is COCCNC(=O)c1cc2ccc(OC(=O)CCCOc3ccc(C(C)(C)C)cc3)cc2oc1=O. The predicted octanol–water partition coefficient (Wildman–Crippen LogP) is 4.23. The van der Waals surface area contributed by atoms with Gasteiger partial charge in [0.05, 0.1) is 13.2 Å². The Morgan fingerprint density at radius 1 is 0.971 bits per heavy atom. The van der Waals surface area contributed by atoms with Crippen LogP contribution in [0.5, 0.6) is 11.5 Å². The van der Waals surface area contributed by atoms with Gasteiger partial charge >= 0.3 is 11.6 Å². The standard InChI is InChI=1S/C27H31NO7/c1-27(2,3)19-8-11-20(12-9-19)33-14-5-6-24(29)34-21-10-7-18-16-22(25(30)28-13-15-32-4)26(31)35-23(18)17-21/h7-12,16-17H,5-6,13-15H2,1-4H3,(H,28,30). The minimum Gasteiger partial charge on any atom is -0.494 e. The zero-order valence-electron chi connectivity index (χ0n) is 20.5. The van der Waals surface area contributed by atoms with Crippen LogP contribution in [0.3, 0.4) is 0 Å². The van der Waals surface area contributed by atoms with Gasteiger partial charge in [-0.25, -0.2) is 4.79 Å². The summed E-state index contributed by atoms with van der Waals surface area (Å²) >= 11 is 0. The van der Waals surface area contributed by atoms with Crippen molar-refractivity contribution in [1.82, 2.24) is 5.32 Å². The van der Waals surface area contributed by atoms with Gasteiger partial charge in [0.2, 0.25) is 0 Å². The molecule has 3 rings (SSSR count). The van der Waals surface area contributed by atoms with E-state index >= 15 is 0 Å². The molecule has 8 heteroatoms. The van der Waals surface area contributed by atoms with Gasteiger partial charge < -0.3 is 23.9 Å². The fraction of sp³-hybridized carbons (Fsp3) is 0.370. The summed E-state index contributed by atoms with van der Waals surface area (Å²) in [6, 6.07) is 14.0. The Hall–Kier alpha value is -3.65. The molecule has 1 heterocycles. The van der Waals surface area contributed by atoms with E-state index in [1.807, 2.05) is 24.3 Å². The fourth-order valence-electron chi connectivity index (χ4n) is 3.32. The smallest absolute Gasteiger partial charge is 0.349 e. The molecule has 0 saturated heterocycles. The molecule has 0 aliphatic carbocycles. The highest BCUT2D eigenvalue weighted by Crippen LogP contribution is 2.24. The van der Waals surface area contributed by atoms with E-state index < -0.39 is 17.5 Å². The number of carbonyl (C=O) groups excluding carboxylic acids is 2. The average Bonchev–Trinajstić information content (AvgIpc) is 2.81. The molecule has 0 saturated carbocycles.